The largest absolute Gasteiger partial charge is 0.243 e. The molecule has 1 aromatic carbocycles. The fraction of sp³-hybridized carbons (Fsp3) is 0.400. The van der Waals surface area contributed by atoms with Crippen LogP contribution < -0.4 is 0 Å². The Balaban J connectivity index is 2.29. The highest BCUT2D eigenvalue weighted by Crippen LogP contribution is 2.24. The molecule has 1 atom stereocenters. The van der Waals surface area contributed by atoms with Crippen LogP contribution in [0.1, 0.15) is 6.42 Å². The molecule has 3 nitrogen and oxygen atoms in total. The highest BCUT2D eigenvalue weighted by atomic mass is 79.9. The smallest absolute Gasteiger partial charge is 0.207 e. The Labute approximate surface area is 102 Å². The van der Waals surface area contributed by atoms with Crippen LogP contribution >= 0.6 is 15.9 Å². The minimum absolute atomic E-state index is 0.149. The van der Waals surface area contributed by atoms with Crippen molar-refractivity contribution in [3.8, 4) is 0 Å². The molecule has 0 saturated carbocycles. The van der Waals surface area contributed by atoms with Crippen LogP contribution in [0.25, 0.3) is 0 Å². The number of nitrogens with zero attached hydrogens (tertiary/aromatic N) is 1. The van der Waals surface area contributed by atoms with Crippen molar-refractivity contribution in [2.24, 2.45) is 0 Å². The van der Waals surface area contributed by atoms with Crippen molar-refractivity contribution in [3.05, 3.63) is 30.1 Å². The van der Waals surface area contributed by atoms with E-state index >= 15 is 0 Å². The van der Waals surface area contributed by atoms with Gasteiger partial charge in [0.25, 0.3) is 0 Å². The summed E-state index contributed by atoms with van der Waals surface area (Å²) in [4.78, 5) is 0.359. The van der Waals surface area contributed by atoms with E-state index in [0.717, 1.165) is 18.6 Å². The van der Waals surface area contributed by atoms with Gasteiger partial charge in [-0.2, -0.15) is 4.31 Å². The van der Waals surface area contributed by atoms with E-state index in [1.807, 2.05) is 0 Å². The third-order valence-electron chi connectivity index (χ3n) is 2.54. The molecule has 0 N–H and O–H groups in total. The average Bonchev–Trinajstić information content (AvgIpc) is 2.66. The fourth-order valence-electron chi connectivity index (χ4n) is 1.66. The van der Waals surface area contributed by atoms with Crippen molar-refractivity contribution in [1.82, 2.24) is 4.31 Å². The molecule has 0 amide bonds. The van der Waals surface area contributed by atoms with Crippen molar-refractivity contribution >= 4 is 26.0 Å². The summed E-state index contributed by atoms with van der Waals surface area (Å²) < 4.78 is 38.3. The van der Waals surface area contributed by atoms with E-state index in [4.69, 9.17) is 0 Å². The monoisotopic (exact) mass is 307 g/mol. The third-order valence-corrected chi connectivity index (χ3v) is 5.17. The molecule has 2 rings (SSSR count). The van der Waals surface area contributed by atoms with Crippen molar-refractivity contribution in [3.63, 3.8) is 0 Å². The van der Waals surface area contributed by atoms with Gasteiger partial charge in [0.2, 0.25) is 10.0 Å². The first-order chi connectivity index (χ1) is 7.50. The number of sulfonamides is 1. The summed E-state index contributed by atoms with van der Waals surface area (Å²) >= 11 is 3.39. The molecule has 0 spiro atoms. The van der Waals surface area contributed by atoms with E-state index < -0.39 is 15.8 Å². The number of halogens is 2. The molecule has 0 aromatic heterocycles. The van der Waals surface area contributed by atoms with Gasteiger partial charge in [0.1, 0.15) is 5.82 Å². The third kappa shape index (κ3) is 2.28. The lowest BCUT2D eigenvalue weighted by Crippen LogP contribution is -2.28. The number of hydrogen-bond donors (Lipinski definition) is 0. The zero-order valence-corrected chi connectivity index (χ0v) is 10.8. The Morgan fingerprint density at radius 1 is 1.31 bits per heavy atom. The first-order valence-corrected chi connectivity index (χ1v) is 7.25. The van der Waals surface area contributed by atoms with Gasteiger partial charge in [-0.3, -0.25) is 0 Å². The summed E-state index contributed by atoms with van der Waals surface area (Å²) in [7, 11) is -3.45. The van der Waals surface area contributed by atoms with Gasteiger partial charge in [0, 0.05) is 17.9 Å². The van der Waals surface area contributed by atoms with Crippen LogP contribution in [-0.4, -0.2) is 30.6 Å². The van der Waals surface area contributed by atoms with E-state index in [9.17, 15) is 12.8 Å². The lowest BCUT2D eigenvalue weighted by molar-refractivity contribution is 0.478. The quantitative estimate of drug-likeness (QED) is 0.784. The first-order valence-electron chi connectivity index (χ1n) is 4.90. The lowest BCUT2D eigenvalue weighted by Gasteiger charge is -2.15. The van der Waals surface area contributed by atoms with Crippen molar-refractivity contribution in [1.29, 1.82) is 0 Å². The van der Waals surface area contributed by atoms with Crippen molar-refractivity contribution in [2.45, 2.75) is 16.1 Å². The Hall–Kier alpha value is -0.460. The fourth-order valence-corrected chi connectivity index (χ4v) is 3.91. The summed E-state index contributed by atoms with van der Waals surface area (Å²) in [5.74, 6) is -0.432. The Bertz CT molecular complexity index is 474. The van der Waals surface area contributed by atoms with Crippen LogP contribution in [0, 0.1) is 5.82 Å². The van der Waals surface area contributed by atoms with Gasteiger partial charge < -0.3 is 0 Å². The van der Waals surface area contributed by atoms with E-state index in [-0.39, 0.29) is 9.72 Å². The molecule has 6 heteroatoms. The SMILES string of the molecule is O=S(=O)(c1ccc(F)cc1)N1CCC(Br)C1. The number of benzene rings is 1. The molecule has 1 aliphatic rings. The normalized spacial score (nSPS) is 22.5. The van der Waals surface area contributed by atoms with Crippen molar-refractivity contribution < 1.29 is 12.8 Å². The van der Waals surface area contributed by atoms with Gasteiger partial charge in [-0.1, -0.05) is 15.9 Å². The number of rotatable bonds is 2. The molecule has 0 radical (unpaired) electrons. The number of alkyl halides is 1. The predicted octanol–water partition coefficient (Wildman–Crippen LogP) is 1.98. The summed E-state index contributed by atoms with van der Waals surface area (Å²) in [6.45, 7) is 0.981. The maximum atomic E-state index is 12.7. The van der Waals surface area contributed by atoms with E-state index in [2.05, 4.69) is 15.9 Å². The second-order valence-electron chi connectivity index (χ2n) is 3.70. The average molecular weight is 308 g/mol. The minimum atomic E-state index is -3.45. The van der Waals surface area contributed by atoms with Crippen LogP contribution in [0.15, 0.2) is 29.2 Å². The van der Waals surface area contributed by atoms with Gasteiger partial charge in [0.05, 0.1) is 4.90 Å². The molecule has 88 valence electrons. The number of hydrogen-bond acceptors (Lipinski definition) is 2. The predicted molar refractivity (Wildman–Crippen MR) is 62.5 cm³/mol. The van der Waals surface area contributed by atoms with Crippen LogP contribution in [0.5, 0.6) is 0 Å². The van der Waals surface area contributed by atoms with Gasteiger partial charge >= 0.3 is 0 Å². The molecular weight excluding hydrogens is 297 g/mol. The Morgan fingerprint density at radius 3 is 2.44 bits per heavy atom. The summed E-state index contributed by atoms with van der Waals surface area (Å²) in [5, 5.41) is 0. The molecular formula is C10H11BrFNO2S. The second-order valence-corrected chi connectivity index (χ2v) is 6.94. The van der Waals surface area contributed by atoms with E-state index in [1.165, 1.54) is 16.4 Å². The molecule has 0 aliphatic carbocycles. The zero-order valence-electron chi connectivity index (χ0n) is 8.44. The zero-order chi connectivity index (χ0) is 11.8. The van der Waals surface area contributed by atoms with Crippen LogP contribution in [0.3, 0.4) is 0 Å². The molecule has 1 saturated heterocycles. The summed E-state index contributed by atoms with van der Waals surface area (Å²) in [6.07, 6.45) is 0.806. The van der Waals surface area contributed by atoms with Gasteiger partial charge in [-0.05, 0) is 30.7 Å². The maximum absolute atomic E-state index is 12.7. The second kappa shape index (κ2) is 4.43. The lowest BCUT2D eigenvalue weighted by atomic mass is 10.4. The van der Waals surface area contributed by atoms with Crippen LogP contribution in [0.4, 0.5) is 4.39 Å². The maximum Gasteiger partial charge on any atom is 0.243 e. The van der Waals surface area contributed by atoms with Crippen LogP contribution in [0.2, 0.25) is 0 Å². The van der Waals surface area contributed by atoms with Gasteiger partial charge in [0.15, 0.2) is 0 Å². The minimum Gasteiger partial charge on any atom is -0.207 e. The van der Waals surface area contributed by atoms with Gasteiger partial charge in [-0.15, -0.1) is 0 Å². The molecule has 1 aromatic rings. The molecule has 1 unspecified atom stereocenters. The molecule has 1 fully saturated rings. The molecule has 1 aliphatic heterocycles. The van der Waals surface area contributed by atoms with E-state index in [0.29, 0.717) is 13.1 Å². The van der Waals surface area contributed by atoms with Crippen molar-refractivity contribution in [2.75, 3.05) is 13.1 Å². The molecule has 16 heavy (non-hydrogen) atoms. The topological polar surface area (TPSA) is 37.4 Å². The first kappa shape index (κ1) is 12.0. The Morgan fingerprint density at radius 2 is 1.94 bits per heavy atom. The highest BCUT2D eigenvalue weighted by Gasteiger charge is 2.31. The van der Waals surface area contributed by atoms with E-state index in [1.54, 1.807) is 0 Å². The highest BCUT2D eigenvalue weighted by molar-refractivity contribution is 9.09. The summed E-state index contributed by atoms with van der Waals surface area (Å²) in [5.41, 5.74) is 0. The van der Waals surface area contributed by atoms with Gasteiger partial charge in [-0.25, -0.2) is 12.8 Å². The molecule has 1 heterocycles. The molecule has 0 bridgehead atoms. The summed E-state index contributed by atoms with van der Waals surface area (Å²) in [6, 6.07) is 4.92. The standard InChI is InChI=1S/C10H11BrFNO2S/c11-8-5-6-13(7-8)16(14,15)10-3-1-9(12)2-4-10/h1-4,8H,5-7H2. The Kier molecular flexibility index (Phi) is 3.32. The van der Waals surface area contributed by atoms with Crippen LogP contribution in [-0.2, 0) is 10.0 Å².